The Morgan fingerprint density at radius 1 is 1.04 bits per heavy atom. The van der Waals surface area contributed by atoms with E-state index in [-0.39, 0.29) is 0 Å². The van der Waals surface area contributed by atoms with E-state index in [1.54, 1.807) is 6.20 Å². The first-order chi connectivity index (χ1) is 12.3. The lowest BCUT2D eigenvalue weighted by Crippen LogP contribution is -2.08. The number of nitrogens with one attached hydrogen (secondary N) is 1. The van der Waals surface area contributed by atoms with Crippen molar-refractivity contribution in [2.75, 3.05) is 6.61 Å². The maximum Gasteiger partial charge on any atom is 0.128 e. The van der Waals surface area contributed by atoms with Crippen molar-refractivity contribution in [1.29, 1.82) is 0 Å². The third-order valence-electron chi connectivity index (χ3n) is 4.28. The predicted molar refractivity (Wildman–Crippen MR) is 104 cm³/mol. The van der Waals surface area contributed by atoms with E-state index in [9.17, 15) is 0 Å². The van der Waals surface area contributed by atoms with E-state index in [1.165, 1.54) is 5.56 Å². The van der Waals surface area contributed by atoms with Gasteiger partial charge in [0.25, 0.3) is 0 Å². The first-order valence-corrected chi connectivity index (χ1v) is 8.76. The minimum Gasteiger partial charge on any atom is -0.493 e. The molecule has 3 nitrogen and oxygen atoms in total. The van der Waals surface area contributed by atoms with Crippen LogP contribution in [0.25, 0.3) is 23.4 Å². The Bertz CT molecular complexity index is 807. The molecule has 0 aliphatic rings. The van der Waals surface area contributed by atoms with Crippen molar-refractivity contribution < 1.29 is 4.74 Å². The second-order valence-corrected chi connectivity index (χ2v) is 6.29. The molecule has 1 aromatic heterocycles. The van der Waals surface area contributed by atoms with E-state index in [4.69, 9.17) is 4.74 Å². The summed E-state index contributed by atoms with van der Waals surface area (Å²) in [7, 11) is 0. The number of aromatic nitrogens is 2. The Balaban J connectivity index is 1.86. The van der Waals surface area contributed by atoms with Crippen molar-refractivity contribution in [1.82, 2.24) is 10.2 Å². The minimum absolute atomic E-state index is 0.535. The maximum atomic E-state index is 6.06. The summed E-state index contributed by atoms with van der Waals surface area (Å²) in [5, 5.41) is 7.12. The molecule has 0 saturated carbocycles. The second kappa shape index (κ2) is 8.34. The summed E-state index contributed by atoms with van der Waals surface area (Å²) in [5.74, 6) is 1.42. The van der Waals surface area contributed by atoms with Crippen LogP contribution >= 0.6 is 0 Å². The van der Waals surface area contributed by atoms with E-state index in [0.717, 1.165) is 35.6 Å². The molecule has 3 rings (SSSR count). The Labute approximate surface area is 149 Å². The zero-order valence-electron chi connectivity index (χ0n) is 14.8. The van der Waals surface area contributed by atoms with Gasteiger partial charge in [-0.15, -0.1) is 0 Å². The van der Waals surface area contributed by atoms with Gasteiger partial charge in [-0.05, 0) is 35.2 Å². The van der Waals surface area contributed by atoms with Crippen LogP contribution in [-0.4, -0.2) is 16.8 Å². The van der Waals surface area contributed by atoms with Crippen LogP contribution in [-0.2, 0) is 0 Å². The fourth-order valence-electron chi connectivity index (χ4n) is 2.50. The number of ether oxygens (including phenoxy) is 1. The van der Waals surface area contributed by atoms with Gasteiger partial charge in [0.05, 0.1) is 12.3 Å². The van der Waals surface area contributed by atoms with Gasteiger partial charge in [-0.25, -0.2) is 0 Å². The third kappa shape index (κ3) is 4.60. The molecule has 1 atom stereocenters. The summed E-state index contributed by atoms with van der Waals surface area (Å²) in [6.07, 6.45) is 7.11. The van der Waals surface area contributed by atoms with Crippen LogP contribution in [0.5, 0.6) is 5.75 Å². The third-order valence-corrected chi connectivity index (χ3v) is 4.28. The van der Waals surface area contributed by atoms with Crippen LogP contribution in [0.3, 0.4) is 0 Å². The zero-order valence-corrected chi connectivity index (χ0v) is 14.8. The Kier molecular flexibility index (Phi) is 5.68. The molecule has 0 radical (unpaired) electrons. The zero-order chi connectivity index (χ0) is 17.5. The highest BCUT2D eigenvalue weighted by Gasteiger charge is 2.10. The second-order valence-electron chi connectivity index (χ2n) is 6.29. The summed E-state index contributed by atoms with van der Waals surface area (Å²) >= 11 is 0. The van der Waals surface area contributed by atoms with E-state index in [1.807, 2.05) is 30.3 Å². The number of hydrogen-bond acceptors (Lipinski definition) is 2. The Morgan fingerprint density at radius 3 is 2.56 bits per heavy atom. The molecule has 0 saturated heterocycles. The highest BCUT2D eigenvalue weighted by atomic mass is 16.5. The number of hydrogen-bond donors (Lipinski definition) is 1. The van der Waals surface area contributed by atoms with Crippen molar-refractivity contribution in [3.63, 3.8) is 0 Å². The molecular weight excluding hydrogens is 308 g/mol. The Hall–Kier alpha value is -2.81. The molecule has 3 aromatic rings. The molecule has 0 aliphatic heterocycles. The van der Waals surface area contributed by atoms with Crippen LogP contribution < -0.4 is 4.74 Å². The monoisotopic (exact) mass is 332 g/mol. The number of nitrogens with zero attached hydrogens (tertiary/aromatic N) is 1. The van der Waals surface area contributed by atoms with Crippen LogP contribution in [0.2, 0.25) is 0 Å². The summed E-state index contributed by atoms with van der Waals surface area (Å²) < 4.78 is 6.06. The summed E-state index contributed by atoms with van der Waals surface area (Å²) in [5.41, 5.74) is 4.32. The van der Waals surface area contributed by atoms with Crippen molar-refractivity contribution in [3.8, 4) is 17.0 Å². The van der Waals surface area contributed by atoms with Crippen molar-refractivity contribution in [3.05, 3.63) is 71.9 Å². The first-order valence-electron chi connectivity index (χ1n) is 8.76. The van der Waals surface area contributed by atoms with Crippen molar-refractivity contribution >= 4 is 12.2 Å². The topological polar surface area (TPSA) is 37.9 Å². The van der Waals surface area contributed by atoms with E-state index < -0.39 is 0 Å². The van der Waals surface area contributed by atoms with Crippen LogP contribution in [0, 0.1) is 5.92 Å². The van der Waals surface area contributed by atoms with Gasteiger partial charge in [0.1, 0.15) is 5.75 Å². The Morgan fingerprint density at radius 2 is 1.84 bits per heavy atom. The van der Waals surface area contributed by atoms with Crippen molar-refractivity contribution in [2.24, 2.45) is 5.92 Å². The highest BCUT2D eigenvalue weighted by molar-refractivity contribution is 5.75. The normalized spacial score (nSPS) is 12.4. The molecule has 0 aliphatic carbocycles. The molecule has 128 valence electrons. The average Bonchev–Trinajstić information content (AvgIpc) is 3.20. The van der Waals surface area contributed by atoms with Gasteiger partial charge in [0.2, 0.25) is 0 Å². The summed E-state index contributed by atoms with van der Waals surface area (Å²) in [4.78, 5) is 0. The molecule has 3 heteroatoms. The van der Waals surface area contributed by atoms with E-state index in [2.05, 4.69) is 60.5 Å². The summed E-state index contributed by atoms with van der Waals surface area (Å²) in [6.45, 7) is 5.10. The fraction of sp³-hybridized carbons (Fsp3) is 0.227. The predicted octanol–water partition coefficient (Wildman–Crippen LogP) is 5.67. The van der Waals surface area contributed by atoms with Gasteiger partial charge >= 0.3 is 0 Å². The number of benzene rings is 2. The molecule has 2 aromatic carbocycles. The van der Waals surface area contributed by atoms with Gasteiger partial charge in [0.15, 0.2) is 0 Å². The number of H-pyrrole nitrogens is 1. The molecule has 1 heterocycles. The van der Waals surface area contributed by atoms with Gasteiger partial charge in [0, 0.05) is 11.8 Å². The first kappa shape index (κ1) is 17.0. The standard InChI is InChI=1S/C22H24N2O/c1-3-17(2)16-25-22-12-11-19(10-9-18-7-5-4-6-8-18)15-20(22)21-13-14-23-24-21/h4-15,17H,3,16H2,1-2H3,(H,23,24)/b10-9+. The number of rotatable bonds is 7. The maximum absolute atomic E-state index is 6.06. The smallest absolute Gasteiger partial charge is 0.128 e. The fourth-order valence-corrected chi connectivity index (χ4v) is 2.50. The highest BCUT2D eigenvalue weighted by Crippen LogP contribution is 2.30. The number of aromatic amines is 1. The molecule has 1 N–H and O–H groups in total. The van der Waals surface area contributed by atoms with Crippen molar-refractivity contribution in [2.45, 2.75) is 20.3 Å². The lowest BCUT2D eigenvalue weighted by atomic mass is 10.1. The lowest BCUT2D eigenvalue weighted by molar-refractivity contribution is 0.257. The van der Waals surface area contributed by atoms with E-state index in [0.29, 0.717) is 5.92 Å². The van der Waals surface area contributed by atoms with Gasteiger partial charge < -0.3 is 4.74 Å². The summed E-state index contributed by atoms with van der Waals surface area (Å²) in [6, 6.07) is 18.5. The molecule has 0 bridgehead atoms. The van der Waals surface area contributed by atoms with Gasteiger partial charge in [-0.3, -0.25) is 5.10 Å². The lowest BCUT2D eigenvalue weighted by Gasteiger charge is -2.14. The molecule has 0 fully saturated rings. The largest absolute Gasteiger partial charge is 0.493 e. The molecule has 1 unspecified atom stereocenters. The SMILES string of the molecule is CCC(C)COc1ccc(/C=C/c2ccccc2)cc1-c1ccn[nH]1. The molecular formula is C22H24N2O. The van der Waals surface area contributed by atoms with Crippen LogP contribution in [0.1, 0.15) is 31.4 Å². The van der Waals surface area contributed by atoms with Crippen LogP contribution in [0.15, 0.2) is 60.8 Å². The van der Waals surface area contributed by atoms with E-state index >= 15 is 0 Å². The van der Waals surface area contributed by atoms with Gasteiger partial charge in [-0.1, -0.05) is 68.8 Å². The van der Waals surface area contributed by atoms with Crippen LogP contribution in [0.4, 0.5) is 0 Å². The average molecular weight is 332 g/mol. The quantitative estimate of drug-likeness (QED) is 0.566. The molecule has 0 amide bonds. The minimum atomic E-state index is 0.535. The molecule has 0 spiro atoms. The molecule has 25 heavy (non-hydrogen) atoms. The van der Waals surface area contributed by atoms with Gasteiger partial charge in [-0.2, -0.15) is 5.10 Å².